The number of aromatic nitrogens is 2. The third-order valence-electron chi connectivity index (χ3n) is 2.65. The van der Waals surface area contributed by atoms with Gasteiger partial charge in [0.2, 0.25) is 0 Å². The van der Waals surface area contributed by atoms with Gasteiger partial charge in [0.15, 0.2) is 0 Å². The second kappa shape index (κ2) is 5.52. The van der Waals surface area contributed by atoms with Gasteiger partial charge in [0.25, 0.3) is 0 Å². The van der Waals surface area contributed by atoms with Crippen LogP contribution in [0.15, 0.2) is 42.7 Å². The monoisotopic (exact) mass is 228 g/mol. The largest absolute Gasteiger partial charge is 0.269 e. The summed E-state index contributed by atoms with van der Waals surface area (Å²) in [5.41, 5.74) is 3.57. The molecule has 0 aliphatic heterocycles. The van der Waals surface area contributed by atoms with E-state index in [9.17, 15) is 0 Å². The van der Waals surface area contributed by atoms with Crippen molar-refractivity contribution >= 4 is 0 Å². The van der Waals surface area contributed by atoms with Gasteiger partial charge in [-0.25, -0.2) is 5.01 Å². The van der Waals surface area contributed by atoms with Crippen LogP contribution in [0.2, 0.25) is 0 Å². The Bertz CT molecular complexity index is 468. The second-order valence-electron chi connectivity index (χ2n) is 4.02. The van der Waals surface area contributed by atoms with E-state index in [0.717, 1.165) is 18.5 Å². The average Bonchev–Trinajstić information content (AvgIpc) is 2.38. The molecule has 17 heavy (non-hydrogen) atoms. The maximum Gasteiger partial charge on any atom is 0.0574 e. The fourth-order valence-electron chi connectivity index (χ4n) is 1.77. The van der Waals surface area contributed by atoms with Crippen LogP contribution in [0.5, 0.6) is 0 Å². The first-order valence-electron chi connectivity index (χ1n) is 5.58. The van der Waals surface area contributed by atoms with Gasteiger partial charge in [0.05, 0.1) is 12.4 Å². The van der Waals surface area contributed by atoms with Crippen molar-refractivity contribution in [1.29, 1.82) is 0 Å². The molecule has 2 rings (SSSR count). The van der Waals surface area contributed by atoms with Gasteiger partial charge in [-0.05, 0) is 23.6 Å². The topological polar surface area (TPSA) is 55.0 Å². The summed E-state index contributed by atoms with van der Waals surface area (Å²) in [7, 11) is 1.87. The molecule has 4 nitrogen and oxygen atoms in total. The molecular formula is C13H16N4. The van der Waals surface area contributed by atoms with Gasteiger partial charge in [-0.3, -0.25) is 5.84 Å². The van der Waals surface area contributed by atoms with Crippen molar-refractivity contribution in [3.8, 4) is 11.1 Å². The smallest absolute Gasteiger partial charge is 0.0574 e. The molecule has 88 valence electrons. The molecule has 1 aromatic heterocycles. The van der Waals surface area contributed by atoms with E-state index in [0.29, 0.717) is 0 Å². The molecule has 0 unspecified atom stereocenters. The molecule has 0 bridgehead atoms. The number of hydrogen-bond acceptors (Lipinski definition) is 4. The Balaban J connectivity index is 2.28. The standard InChI is InChI=1S/C13H16N4/c1-17(14)9-7-11-4-2-3-5-13(11)12-6-8-15-16-10-12/h2-6,8,10H,7,9,14H2,1H3. The summed E-state index contributed by atoms with van der Waals surface area (Å²) in [6, 6.07) is 10.3. The minimum atomic E-state index is 0.829. The molecule has 0 aliphatic rings. The number of likely N-dealkylation sites (N-methyl/N-ethyl adjacent to an activating group) is 1. The van der Waals surface area contributed by atoms with E-state index in [1.165, 1.54) is 11.1 Å². The van der Waals surface area contributed by atoms with Crippen LogP contribution in [0.4, 0.5) is 0 Å². The lowest BCUT2D eigenvalue weighted by molar-refractivity contribution is 0.354. The summed E-state index contributed by atoms with van der Waals surface area (Å²) in [6.45, 7) is 0.829. The minimum absolute atomic E-state index is 0.829. The number of rotatable bonds is 4. The lowest BCUT2D eigenvalue weighted by atomic mass is 9.99. The molecule has 0 amide bonds. The van der Waals surface area contributed by atoms with Gasteiger partial charge in [0, 0.05) is 19.2 Å². The SMILES string of the molecule is CN(N)CCc1ccccc1-c1ccnnc1. The Morgan fingerprint density at radius 2 is 2.00 bits per heavy atom. The summed E-state index contributed by atoms with van der Waals surface area (Å²) in [5, 5.41) is 9.40. The van der Waals surface area contributed by atoms with Crippen LogP contribution < -0.4 is 5.84 Å². The Hall–Kier alpha value is -1.78. The molecule has 1 heterocycles. The van der Waals surface area contributed by atoms with Crippen LogP contribution >= 0.6 is 0 Å². The van der Waals surface area contributed by atoms with E-state index < -0.39 is 0 Å². The third-order valence-corrected chi connectivity index (χ3v) is 2.65. The molecule has 0 aliphatic carbocycles. The Kier molecular flexibility index (Phi) is 3.80. The highest BCUT2D eigenvalue weighted by atomic mass is 15.4. The zero-order valence-electron chi connectivity index (χ0n) is 9.87. The average molecular weight is 228 g/mol. The van der Waals surface area contributed by atoms with Gasteiger partial charge in [-0.15, -0.1) is 0 Å². The van der Waals surface area contributed by atoms with E-state index in [1.54, 1.807) is 17.4 Å². The highest BCUT2D eigenvalue weighted by molar-refractivity contribution is 5.66. The first-order chi connectivity index (χ1) is 8.27. The zero-order valence-corrected chi connectivity index (χ0v) is 9.87. The Morgan fingerprint density at radius 1 is 1.18 bits per heavy atom. The normalized spacial score (nSPS) is 10.8. The first kappa shape index (κ1) is 11.7. The van der Waals surface area contributed by atoms with Crippen LogP contribution in [0.1, 0.15) is 5.56 Å². The van der Waals surface area contributed by atoms with Crippen molar-refractivity contribution in [3.05, 3.63) is 48.3 Å². The summed E-state index contributed by atoms with van der Waals surface area (Å²) in [6.07, 6.45) is 4.41. The van der Waals surface area contributed by atoms with E-state index in [4.69, 9.17) is 5.84 Å². The van der Waals surface area contributed by atoms with E-state index in [2.05, 4.69) is 22.3 Å². The molecule has 0 spiro atoms. The summed E-state index contributed by atoms with van der Waals surface area (Å²) < 4.78 is 0. The number of nitrogens with two attached hydrogens (primary N) is 1. The van der Waals surface area contributed by atoms with Gasteiger partial charge in [0.1, 0.15) is 0 Å². The number of benzene rings is 1. The molecule has 0 atom stereocenters. The summed E-state index contributed by atoms with van der Waals surface area (Å²) in [4.78, 5) is 0. The van der Waals surface area contributed by atoms with Gasteiger partial charge < -0.3 is 0 Å². The lowest BCUT2D eigenvalue weighted by Gasteiger charge is -2.12. The quantitative estimate of drug-likeness (QED) is 0.636. The summed E-state index contributed by atoms with van der Waals surface area (Å²) in [5.74, 6) is 5.64. The fraction of sp³-hybridized carbons (Fsp3) is 0.231. The second-order valence-corrected chi connectivity index (χ2v) is 4.02. The van der Waals surface area contributed by atoms with Crippen molar-refractivity contribution in [2.24, 2.45) is 5.84 Å². The molecule has 2 aromatic rings. The van der Waals surface area contributed by atoms with Crippen LogP contribution in [-0.4, -0.2) is 28.8 Å². The van der Waals surface area contributed by atoms with Crippen molar-refractivity contribution in [1.82, 2.24) is 15.2 Å². The van der Waals surface area contributed by atoms with Crippen LogP contribution in [0.25, 0.3) is 11.1 Å². The Morgan fingerprint density at radius 3 is 2.71 bits per heavy atom. The highest BCUT2D eigenvalue weighted by Gasteiger charge is 2.04. The molecule has 0 saturated heterocycles. The van der Waals surface area contributed by atoms with Crippen LogP contribution in [-0.2, 0) is 6.42 Å². The molecule has 1 aromatic carbocycles. The van der Waals surface area contributed by atoms with Gasteiger partial charge in [-0.2, -0.15) is 10.2 Å². The highest BCUT2D eigenvalue weighted by Crippen LogP contribution is 2.22. The first-order valence-corrected chi connectivity index (χ1v) is 5.58. The van der Waals surface area contributed by atoms with Crippen molar-refractivity contribution in [3.63, 3.8) is 0 Å². The predicted molar refractivity (Wildman–Crippen MR) is 68.0 cm³/mol. The van der Waals surface area contributed by atoms with Crippen molar-refractivity contribution in [2.45, 2.75) is 6.42 Å². The predicted octanol–water partition coefficient (Wildman–Crippen LogP) is 1.49. The lowest BCUT2D eigenvalue weighted by Crippen LogP contribution is -2.28. The van der Waals surface area contributed by atoms with Crippen LogP contribution in [0, 0.1) is 0 Å². The fourth-order valence-corrected chi connectivity index (χ4v) is 1.77. The maximum absolute atomic E-state index is 5.64. The third kappa shape index (κ3) is 3.09. The molecule has 2 N–H and O–H groups in total. The Labute approximate surface area is 101 Å². The van der Waals surface area contributed by atoms with E-state index >= 15 is 0 Å². The molecule has 0 fully saturated rings. The van der Waals surface area contributed by atoms with E-state index in [-0.39, 0.29) is 0 Å². The van der Waals surface area contributed by atoms with Gasteiger partial charge in [-0.1, -0.05) is 24.3 Å². The van der Waals surface area contributed by atoms with Gasteiger partial charge >= 0.3 is 0 Å². The van der Waals surface area contributed by atoms with E-state index in [1.807, 2.05) is 25.2 Å². The number of nitrogens with zero attached hydrogens (tertiary/aromatic N) is 3. The maximum atomic E-state index is 5.64. The molecule has 0 saturated carbocycles. The minimum Gasteiger partial charge on any atom is -0.269 e. The molecular weight excluding hydrogens is 212 g/mol. The zero-order chi connectivity index (χ0) is 12.1. The summed E-state index contributed by atoms with van der Waals surface area (Å²) >= 11 is 0. The van der Waals surface area contributed by atoms with Crippen molar-refractivity contribution in [2.75, 3.05) is 13.6 Å². The number of hydrazine groups is 1. The van der Waals surface area contributed by atoms with Crippen LogP contribution in [0.3, 0.4) is 0 Å². The van der Waals surface area contributed by atoms with Crippen molar-refractivity contribution < 1.29 is 0 Å². The molecule has 0 radical (unpaired) electrons. The molecule has 4 heteroatoms. The number of hydrogen-bond donors (Lipinski definition) is 1.